The molecule has 3 N–H and O–H groups in total. The number of esters is 1. The molecule has 0 spiro atoms. The molecule has 31 heavy (non-hydrogen) atoms. The number of methoxy groups -OCH3 is 1. The third-order valence-corrected chi connectivity index (χ3v) is 5.28. The Morgan fingerprint density at radius 3 is 2.39 bits per heavy atom. The van der Waals surface area contributed by atoms with E-state index in [0.717, 1.165) is 16.3 Å². The zero-order valence-corrected chi connectivity index (χ0v) is 18.8. The van der Waals surface area contributed by atoms with Crippen LogP contribution in [0.5, 0.6) is 0 Å². The average molecular weight is 428 g/mol. The van der Waals surface area contributed by atoms with Gasteiger partial charge in [0, 0.05) is 20.0 Å². The van der Waals surface area contributed by atoms with Crippen molar-refractivity contribution in [1.82, 2.24) is 10.2 Å². The average Bonchev–Trinajstić information content (AvgIpc) is 2.76. The van der Waals surface area contributed by atoms with E-state index in [1.165, 1.54) is 19.1 Å². The summed E-state index contributed by atoms with van der Waals surface area (Å²) >= 11 is 0. The molecule has 0 aliphatic carbocycles. The Morgan fingerprint density at radius 1 is 1.10 bits per heavy atom. The van der Waals surface area contributed by atoms with Gasteiger partial charge in [-0.25, -0.2) is 0 Å². The topological polar surface area (TPSA) is 102 Å². The SMILES string of the molecule is CNC(=O)[C@H](Cc1ccc2ccccc2c1)N(CCC(=O)OC)C(=O)C(N)CC(C)C. The Kier molecular flexibility index (Phi) is 9.00. The number of nitrogens with zero attached hydrogens (tertiary/aromatic N) is 1. The number of nitrogens with two attached hydrogens (primary N) is 1. The van der Waals surface area contributed by atoms with E-state index >= 15 is 0 Å². The van der Waals surface area contributed by atoms with Gasteiger partial charge in [-0.3, -0.25) is 14.4 Å². The van der Waals surface area contributed by atoms with E-state index in [9.17, 15) is 14.4 Å². The fraction of sp³-hybridized carbons (Fsp3) is 0.458. The molecule has 0 aliphatic rings. The number of carbonyl (C=O) groups excluding carboxylic acids is 3. The lowest BCUT2D eigenvalue weighted by Gasteiger charge is -2.33. The van der Waals surface area contributed by atoms with Crippen LogP contribution in [0.4, 0.5) is 0 Å². The largest absolute Gasteiger partial charge is 0.469 e. The molecule has 0 aromatic heterocycles. The van der Waals surface area contributed by atoms with Crippen molar-refractivity contribution < 1.29 is 19.1 Å². The van der Waals surface area contributed by atoms with Crippen molar-refractivity contribution in [2.75, 3.05) is 20.7 Å². The van der Waals surface area contributed by atoms with Crippen molar-refractivity contribution in [3.8, 4) is 0 Å². The lowest BCUT2D eigenvalue weighted by Crippen LogP contribution is -2.55. The quantitative estimate of drug-likeness (QED) is 0.567. The van der Waals surface area contributed by atoms with Gasteiger partial charge >= 0.3 is 5.97 Å². The number of ether oxygens (including phenoxy) is 1. The molecule has 2 amide bonds. The van der Waals surface area contributed by atoms with Crippen LogP contribution in [0, 0.1) is 5.92 Å². The molecule has 2 atom stereocenters. The van der Waals surface area contributed by atoms with Crippen molar-refractivity contribution in [3.05, 3.63) is 48.0 Å². The first-order valence-electron chi connectivity index (χ1n) is 10.6. The molecule has 0 bridgehead atoms. The minimum Gasteiger partial charge on any atom is -0.469 e. The summed E-state index contributed by atoms with van der Waals surface area (Å²) in [6, 6.07) is 12.4. The number of carbonyl (C=O) groups is 3. The lowest BCUT2D eigenvalue weighted by atomic mass is 9.98. The Hall–Kier alpha value is -2.93. The smallest absolute Gasteiger partial charge is 0.307 e. The van der Waals surface area contributed by atoms with Gasteiger partial charge in [-0.2, -0.15) is 0 Å². The van der Waals surface area contributed by atoms with Gasteiger partial charge in [0.25, 0.3) is 0 Å². The van der Waals surface area contributed by atoms with E-state index in [4.69, 9.17) is 10.5 Å². The predicted molar refractivity (Wildman–Crippen MR) is 121 cm³/mol. The Labute approximate surface area is 183 Å². The number of hydrogen-bond donors (Lipinski definition) is 2. The third kappa shape index (κ3) is 6.79. The minimum atomic E-state index is -0.790. The number of rotatable bonds is 10. The maximum Gasteiger partial charge on any atom is 0.307 e. The first-order valence-corrected chi connectivity index (χ1v) is 10.6. The van der Waals surface area contributed by atoms with E-state index in [-0.39, 0.29) is 30.7 Å². The van der Waals surface area contributed by atoms with E-state index in [1.807, 2.05) is 56.3 Å². The third-order valence-electron chi connectivity index (χ3n) is 5.28. The molecule has 0 heterocycles. The van der Waals surface area contributed by atoms with Gasteiger partial charge in [0.05, 0.1) is 19.6 Å². The normalized spacial score (nSPS) is 13.0. The molecule has 0 saturated carbocycles. The molecule has 1 unspecified atom stereocenters. The number of fused-ring (bicyclic) bond motifs is 1. The van der Waals surface area contributed by atoms with Crippen molar-refractivity contribution >= 4 is 28.6 Å². The van der Waals surface area contributed by atoms with Gasteiger partial charge in [-0.05, 0) is 28.7 Å². The lowest BCUT2D eigenvalue weighted by molar-refractivity contribution is -0.145. The first-order chi connectivity index (χ1) is 14.8. The van der Waals surface area contributed by atoms with Crippen molar-refractivity contribution in [1.29, 1.82) is 0 Å². The summed E-state index contributed by atoms with van der Waals surface area (Å²) in [6.45, 7) is 4.03. The van der Waals surface area contributed by atoms with Crippen molar-refractivity contribution in [2.45, 2.75) is 45.2 Å². The number of amides is 2. The molecule has 2 aromatic rings. The van der Waals surface area contributed by atoms with Gasteiger partial charge in [0.15, 0.2) is 0 Å². The van der Waals surface area contributed by atoms with Crippen LogP contribution in [0.15, 0.2) is 42.5 Å². The summed E-state index contributed by atoms with van der Waals surface area (Å²) in [5, 5.41) is 4.80. The van der Waals surface area contributed by atoms with Gasteiger partial charge < -0.3 is 20.7 Å². The summed E-state index contributed by atoms with van der Waals surface area (Å²) in [5.41, 5.74) is 7.08. The maximum atomic E-state index is 13.2. The molecule has 2 aromatic carbocycles. The molecule has 2 rings (SSSR count). The molecular weight excluding hydrogens is 394 g/mol. The molecule has 0 radical (unpaired) electrons. The van der Waals surface area contributed by atoms with Crippen LogP contribution in [0.1, 0.15) is 32.3 Å². The fourth-order valence-electron chi connectivity index (χ4n) is 3.66. The molecule has 7 heteroatoms. The number of nitrogens with one attached hydrogen (secondary N) is 1. The Bertz CT molecular complexity index is 913. The number of likely N-dealkylation sites (N-methyl/N-ethyl adjacent to an activating group) is 1. The zero-order chi connectivity index (χ0) is 23.0. The highest BCUT2D eigenvalue weighted by atomic mass is 16.5. The van der Waals surface area contributed by atoms with E-state index in [1.54, 1.807) is 0 Å². The summed E-state index contributed by atoms with van der Waals surface area (Å²) in [4.78, 5) is 39.2. The van der Waals surface area contributed by atoms with Crippen LogP contribution in [0.2, 0.25) is 0 Å². The molecule has 0 saturated heterocycles. The fourth-order valence-corrected chi connectivity index (χ4v) is 3.66. The Balaban J connectivity index is 2.36. The first kappa shape index (κ1) is 24.3. The molecule has 0 aliphatic heterocycles. The van der Waals surface area contributed by atoms with Crippen LogP contribution >= 0.6 is 0 Å². The maximum absolute atomic E-state index is 13.2. The summed E-state index contributed by atoms with van der Waals surface area (Å²) < 4.78 is 4.73. The second kappa shape index (κ2) is 11.5. The van der Waals surface area contributed by atoms with Gasteiger partial charge in [0.2, 0.25) is 11.8 Å². The number of benzene rings is 2. The van der Waals surface area contributed by atoms with Crippen molar-refractivity contribution in [2.24, 2.45) is 11.7 Å². The van der Waals surface area contributed by atoms with Crippen LogP contribution in [-0.4, -0.2) is 55.5 Å². The standard InChI is InChI=1S/C24H33N3O4/c1-16(2)13-20(25)24(30)27(12-11-22(28)31-4)21(23(29)26-3)15-17-9-10-18-7-5-6-8-19(18)14-17/h5-10,14,16,20-21H,11-13,15,25H2,1-4H3,(H,26,29)/t20?,21-/m0/s1. The summed E-state index contributed by atoms with van der Waals surface area (Å²) in [6.07, 6.45) is 0.789. The van der Waals surface area contributed by atoms with E-state index in [0.29, 0.717) is 12.8 Å². The van der Waals surface area contributed by atoms with Gasteiger partial charge in [0.1, 0.15) is 6.04 Å². The molecule has 7 nitrogen and oxygen atoms in total. The second-order valence-electron chi connectivity index (χ2n) is 8.11. The van der Waals surface area contributed by atoms with E-state index in [2.05, 4.69) is 5.32 Å². The molecule has 0 fully saturated rings. The zero-order valence-electron chi connectivity index (χ0n) is 18.8. The van der Waals surface area contributed by atoms with Gasteiger partial charge in [-0.1, -0.05) is 56.3 Å². The monoisotopic (exact) mass is 427 g/mol. The predicted octanol–water partition coefficient (Wildman–Crippen LogP) is 2.26. The van der Waals surface area contributed by atoms with Crippen LogP contribution < -0.4 is 11.1 Å². The van der Waals surface area contributed by atoms with E-state index < -0.39 is 18.1 Å². The Morgan fingerprint density at radius 2 is 1.77 bits per heavy atom. The summed E-state index contributed by atoms with van der Waals surface area (Å²) in [7, 11) is 2.83. The highest BCUT2D eigenvalue weighted by Crippen LogP contribution is 2.19. The highest BCUT2D eigenvalue weighted by Gasteiger charge is 2.33. The highest BCUT2D eigenvalue weighted by molar-refractivity contribution is 5.90. The van der Waals surface area contributed by atoms with Crippen LogP contribution in [0.3, 0.4) is 0 Å². The molecular formula is C24H33N3O4. The number of hydrogen-bond acceptors (Lipinski definition) is 5. The van der Waals surface area contributed by atoms with Crippen LogP contribution in [-0.2, 0) is 25.5 Å². The molecule has 168 valence electrons. The second-order valence-corrected chi connectivity index (χ2v) is 8.11. The van der Waals surface area contributed by atoms with Gasteiger partial charge in [-0.15, -0.1) is 0 Å². The summed E-state index contributed by atoms with van der Waals surface area (Å²) in [5.74, 6) is -0.868. The van der Waals surface area contributed by atoms with Crippen molar-refractivity contribution in [3.63, 3.8) is 0 Å². The minimum absolute atomic E-state index is 0.0121. The van der Waals surface area contributed by atoms with Crippen LogP contribution in [0.25, 0.3) is 10.8 Å².